The van der Waals surface area contributed by atoms with Crippen LogP contribution in [0.5, 0.6) is 5.75 Å². The average molecular weight is 472 g/mol. The van der Waals surface area contributed by atoms with Crippen molar-refractivity contribution in [2.45, 2.75) is 58.0 Å². The first-order valence-electron chi connectivity index (χ1n) is 10.5. The van der Waals surface area contributed by atoms with Crippen LogP contribution < -0.4 is 14.8 Å². The van der Waals surface area contributed by atoms with Crippen molar-refractivity contribution in [3.05, 3.63) is 65.4 Å². The molecule has 1 atom stereocenters. The highest BCUT2D eigenvalue weighted by atomic mass is 32.2. The number of hydrogen-bond donors (Lipinski definition) is 2. The molecule has 0 unspecified atom stereocenters. The summed E-state index contributed by atoms with van der Waals surface area (Å²) < 4.78 is 38.3. The lowest BCUT2D eigenvalue weighted by Gasteiger charge is -2.20. The van der Waals surface area contributed by atoms with Crippen molar-refractivity contribution in [3.8, 4) is 5.75 Å². The van der Waals surface area contributed by atoms with E-state index in [-0.39, 0.29) is 22.1 Å². The van der Waals surface area contributed by atoms with Crippen LogP contribution >= 0.6 is 0 Å². The van der Waals surface area contributed by atoms with E-state index >= 15 is 0 Å². The van der Waals surface area contributed by atoms with Gasteiger partial charge in [-0.2, -0.15) is 0 Å². The predicted octanol–water partition coefficient (Wildman–Crippen LogP) is 4.80. The second-order valence-electron chi connectivity index (χ2n) is 8.88. The average Bonchev–Trinajstić information content (AvgIpc) is 3.05. The molecule has 0 radical (unpaired) electrons. The first-order chi connectivity index (χ1) is 15.4. The van der Waals surface area contributed by atoms with Gasteiger partial charge in [0.25, 0.3) is 15.9 Å². The first kappa shape index (κ1) is 24.3. The molecule has 176 valence electrons. The van der Waals surface area contributed by atoms with Crippen LogP contribution in [0.4, 0.5) is 11.6 Å². The Morgan fingerprint density at radius 2 is 1.64 bits per heavy atom. The van der Waals surface area contributed by atoms with E-state index in [1.54, 1.807) is 20.8 Å². The minimum absolute atomic E-state index is 0.0252. The predicted molar refractivity (Wildman–Crippen MR) is 127 cm³/mol. The number of nitrogens with zero attached hydrogens (tertiary/aromatic N) is 1. The van der Waals surface area contributed by atoms with E-state index in [9.17, 15) is 13.2 Å². The third kappa shape index (κ3) is 5.92. The van der Waals surface area contributed by atoms with Crippen LogP contribution in [0.2, 0.25) is 0 Å². The fourth-order valence-corrected chi connectivity index (χ4v) is 3.99. The Morgan fingerprint density at radius 1 is 1.03 bits per heavy atom. The number of aromatic nitrogens is 1. The largest absolute Gasteiger partial charge is 0.481 e. The van der Waals surface area contributed by atoms with Crippen molar-refractivity contribution in [2.24, 2.45) is 0 Å². The number of nitrogens with one attached hydrogen (secondary N) is 2. The van der Waals surface area contributed by atoms with Gasteiger partial charge in [0.2, 0.25) is 5.88 Å². The molecule has 8 nitrogen and oxygen atoms in total. The zero-order valence-corrected chi connectivity index (χ0v) is 20.4. The molecule has 3 aromatic rings. The molecule has 0 saturated heterocycles. The maximum absolute atomic E-state index is 12.6. The zero-order valence-electron chi connectivity index (χ0n) is 19.6. The van der Waals surface area contributed by atoms with Gasteiger partial charge in [0, 0.05) is 11.3 Å². The van der Waals surface area contributed by atoms with E-state index in [1.807, 2.05) is 24.3 Å². The molecule has 9 heteroatoms. The quantitative estimate of drug-likeness (QED) is 0.512. The Morgan fingerprint density at radius 3 is 2.15 bits per heavy atom. The van der Waals surface area contributed by atoms with E-state index < -0.39 is 16.1 Å². The molecule has 3 rings (SSSR count). The highest BCUT2D eigenvalue weighted by Crippen LogP contribution is 2.25. The van der Waals surface area contributed by atoms with Gasteiger partial charge in [0.05, 0.1) is 10.6 Å². The summed E-state index contributed by atoms with van der Waals surface area (Å²) in [5, 5.41) is 6.47. The highest BCUT2D eigenvalue weighted by Gasteiger charge is 2.20. The van der Waals surface area contributed by atoms with E-state index in [4.69, 9.17) is 9.26 Å². The minimum Gasteiger partial charge on any atom is -0.481 e. The summed E-state index contributed by atoms with van der Waals surface area (Å²) in [6.07, 6.45) is -0.742. The first-order valence-corrected chi connectivity index (χ1v) is 12.0. The Kier molecular flexibility index (Phi) is 6.83. The van der Waals surface area contributed by atoms with Crippen LogP contribution in [0.15, 0.2) is 57.9 Å². The third-order valence-corrected chi connectivity index (χ3v) is 6.57. The van der Waals surface area contributed by atoms with Gasteiger partial charge < -0.3 is 14.6 Å². The lowest BCUT2D eigenvalue weighted by atomic mass is 9.87. The zero-order chi connectivity index (χ0) is 24.4. The van der Waals surface area contributed by atoms with Crippen LogP contribution in [0, 0.1) is 13.8 Å². The molecule has 1 amide bonds. The summed E-state index contributed by atoms with van der Waals surface area (Å²) in [5.41, 5.74) is 2.87. The van der Waals surface area contributed by atoms with Crippen molar-refractivity contribution in [2.75, 3.05) is 10.0 Å². The monoisotopic (exact) mass is 471 g/mol. The summed E-state index contributed by atoms with van der Waals surface area (Å²) in [7, 11) is -3.86. The van der Waals surface area contributed by atoms with Gasteiger partial charge in [-0.3, -0.25) is 4.79 Å². The number of benzene rings is 2. The molecule has 0 bridgehead atoms. The van der Waals surface area contributed by atoms with Crippen molar-refractivity contribution in [3.63, 3.8) is 0 Å². The number of hydrogen-bond acceptors (Lipinski definition) is 6. The number of rotatable bonds is 7. The van der Waals surface area contributed by atoms with E-state index in [0.717, 1.165) is 0 Å². The number of anilines is 2. The molecule has 2 aromatic carbocycles. The molecule has 2 N–H and O–H groups in total. The second kappa shape index (κ2) is 9.27. The fourth-order valence-electron chi connectivity index (χ4n) is 2.94. The second-order valence-corrected chi connectivity index (χ2v) is 10.6. The summed E-state index contributed by atoms with van der Waals surface area (Å²) in [6.45, 7) is 11.5. The smallest absolute Gasteiger partial charge is 0.265 e. The summed E-state index contributed by atoms with van der Waals surface area (Å²) in [6, 6.07) is 13.5. The molecule has 1 aromatic heterocycles. The van der Waals surface area contributed by atoms with Gasteiger partial charge in [-0.05, 0) is 68.1 Å². The summed E-state index contributed by atoms with van der Waals surface area (Å²) in [5.74, 6) is 0.318. The number of carbonyl (C=O) groups excluding carboxylic acids is 1. The molecule has 0 aliphatic heterocycles. The van der Waals surface area contributed by atoms with Crippen molar-refractivity contribution in [1.82, 2.24) is 5.16 Å². The van der Waals surface area contributed by atoms with Crippen molar-refractivity contribution >= 4 is 27.5 Å². The molecule has 33 heavy (non-hydrogen) atoms. The number of amides is 1. The summed E-state index contributed by atoms with van der Waals surface area (Å²) in [4.78, 5) is 12.5. The Hall–Kier alpha value is -3.33. The van der Waals surface area contributed by atoms with Gasteiger partial charge in [-0.25, -0.2) is 13.1 Å². The third-order valence-electron chi connectivity index (χ3n) is 5.22. The molecule has 0 aliphatic rings. The number of ether oxygens (including phenoxy) is 1. The fraction of sp³-hybridized carbons (Fsp3) is 0.333. The van der Waals surface area contributed by atoms with Crippen LogP contribution in [0.3, 0.4) is 0 Å². The molecule has 0 spiro atoms. The standard InChI is InChI=1S/C24H29N3O5S/c1-15-16(2)26-32-23(15)27-33(29,30)21-13-9-19(10-14-21)25-22(28)17(3)31-20-11-7-18(8-12-20)24(4,5)6/h7-14,17,27H,1-6H3,(H,25,28)/t17-/m1/s1. The summed E-state index contributed by atoms with van der Waals surface area (Å²) >= 11 is 0. The van der Waals surface area contributed by atoms with E-state index in [0.29, 0.717) is 22.7 Å². The van der Waals surface area contributed by atoms with Gasteiger partial charge >= 0.3 is 0 Å². The SMILES string of the molecule is Cc1noc(NS(=O)(=O)c2ccc(NC(=O)[C@@H](C)Oc3ccc(C(C)(C)C)cc3)cc2)c1C. The van der Waals surface area contributed by atoms with Crippen LogP contribution in [0.25, 0.3) is 0 Å². The molecule has 1 heterocycles. The van der Waals surface area contributed by atoms with Gasteiger partial charge in [-0.1, -0.05) is 38.1 Å². The van der Waals surface area contributed by atoms with Crippen molar-refractivity contribution < 1.29 is 22.5 Å². The molecule has 0 aliphatic carbocycles. The van der Waals surface area contributed by atoms with Crippen LogP contribution in [-0.4, -0.2) is 25.6 Å². The Labute approximate surface area is 194 Å². The Bertz CT molecular complexity index is 1220. The number of aryl methyl sites for hydroxylation is 1. The van der Waals surface area contributed by atoms with E-state index in [2.05, 4.69) is 36.0 Å². The van der Waals surface area contributed by atoms with Gasteiger partial charge in [0.15, 0.2) is 6.10 Å². The topological polar surface area (TPSA) is 111 Å². The van der Waals surface area contributed by atoms with Crippen LogP contribution in [-0.2, 0) is 20.2 Å². The molecule has 0 fully saturated rings. The maximum Gasteiger partial charge on any atom is 0.265 e. The highest BCUT2D eigenvalue weighted by molar-refractivity contribution is 7.92. The van der Waals surface area contributed by atoms with E-state index in [1.165, 1.54) is 29.8 Å². The lowest BCUT2D eigenvalue weighted by molar-refractivity contribution is -0.122. The number of carbonyl (C=O) groups is 1. The molecular weight excluding hydrogens is 442 g/mol. The Balaban J connectivity index is 1.61. The normalized spacial score (nSPS) is 12.8. The molecular formula is C24H29N3O5S. The van der Waals surface area contributed by atoms with Crippen molar-refractivity contribution in [1.29, 1.82) is 0 Å². The van der Waals surface area contributed by atoms with Gasteiger partial charge in [0.1, 0.15) is 5.75 Å². The van der Waals surface area contributed by atoms with Gasteiger partial charge in [-0.15, -0.1) is 0 Å². The van der Waals surface area contributed by atoms with Crippen LogP contribution in [0.1, 0.15) is 44.5 Å². The number of sulfonamides is 1. The molecule has 0 saturated carbocycles. The maximum atomic E-state index is 12.6. The minimum atomic E-state index is -3.86. The lowest BCUT2D eigenvalue weighted by Crippen LogP contribution is -2.30.